The Balaban J connectivity index is 1.75. The molecule has 0 atom stereocenters. The van der Waals surface area contributed by atoms with Gasteiger partial charge < -0.3 is 0 Å². The smallest absolute Gasteiger partial charge is 0.270 e. The van der Waals surface area contributed by atoms with Gasteiger partial charge >= 0.3 is 0 Å². The first-order valence-corrected chi connectivity index (χ1v) is 8.93. The van der Waals surface area contributed by atoms with Gasteiger partial charge in [0.2, 0.25) is 0 Å². The number of nitrogens with zero attached hydrogens (tertiary/aromatic N) is 2. The Labute approximate surface area is 154 Å². The van der Waals surface area contributed by atoms with E-state index in [-0.39, 0.29) is 11.6 Å². The van der Waals surface area contributed by atoms with Crippen LogP contribution in [0.1, 0.15) is 35.7 Å². The van der Waals surface area contributed by atoms with Crippen molar-refractivity contribution in [2.45, 2.75) is 19.8 Å². The second-order valence-corrected chi connectivity index (χ2v) is 6.93. The average molecular weight is 367 g/mol. The lowest BCUT2D eigenvalue weighted by molar-refractivity contribution is -0.384. The molecule has 0 saturated heterocycles. The van der Waals surface area contributed by atoms with Gasteiger partial charge in [-0.05, 0) is 23.6 Å². The van der Waals surface area contributed by atoms with Crippen LogP contribution in [-0.4, -0.2) is 15.8 Å². The summed E-state index contributed by atoms with van der Waals surface area (Å²) < 4.78 is 0. The molecule has 1 heterocycles. The minimum Gasteiger partial charge on any atom is -0.298 e. The first-order chi connectivity index (χ1) is 12.4. The summed E-state index contributed by atoms with van der Waals surface area (Å²) in [6, 6.07) is 13.7. The van der Waals surface area contributed by atoms with Crippen LogP contribution in [0.15, 0.2) is 53.9 Å². The summed E-state index contributed by atoms with van der Waals surface area (Å²) in [5.74, 6) is 0.170. The van der Waals surface area contributed by atoms with Gasteiger partial charge in [0.25, 0.3) is 11.6 Å². The van der Waals surface area contributed by atoms with Crippen molar-refractivity contribution >= 4 is 28.1 Å². The maximum absolute atomic E-state index is 12.4. The summed E-state index contributed by atoms with van der Waals surface area (Å²) in [5.41, 5.74) is 2.96. The largest absolute Gasteiger partial charge is 0.298 e. The van der Waals surface area contributed by atoms with E-state index in [1.54, 1.807) is 29.6 Å². The quantitative estimate of drug-likeness (QED) is 0.502. The second kappa shape index (κ2) is 7.45. The fourth-order valence-corrected chi connectivity index (χ4v) is 3.15. The van der Waals surface area contributed by atoms with E-state index < -0.39 is 4.92 Å². The minimum atomic E-state index is -0.445. The molecule has 26 heavy (non-hydrogen) atoms. The number of carbonyl (C=O) groups is 1. The minimum absolute atomic E-state index is 0.00586. The van der Waals surface area contributed by atoms with E-state index in [1.165, 1.54) is 29.0 Å². The number of benzene rings is 2. The highest BCUT2D eigenvalue weighted by atomic mass is 32.1. The van der Waals surface area contributed by atoms with Crippen LogP contribution in [0.25, 0.3) is 11.3 Å². The lowest BCUT2D eigenvalue weighted by Gasteiger charge is -2.06. The molecule has 0 aliphatic rings. The molecule has 0 spiro atoms. The zero-order valence-electron chi connectivity index (χ0n) is 14.3. The van der Waals surface area contributed by atoms with Crippen LogP contribution in [0.3, 0.4) is 0 Å². The van der Waals surface area contributed by atoms with Crippen LogP contribution < -0.4 is 5.32 Å². The Kier molecular flexibility index (Phi) is 5.09. The number of thiazole rings is 1. The molecule has 3 aromatic rings. The third-order valence-electron chi connectivity index (χ3n) is 3.92. The van der Waals surface area contributed by atoms with E-state index in [0.717, 1.165) is 0 Å². The molecule has 6 nitrogen and oxygen atoms in total. The third-order valence-corrected chi connectivity index (χ3v) is 4.67. The van der Waals surface area contributed by atoms with Gasteiger partial charge in [0, 0.05) is 28.6 Å². The average Bonchev–Trinajstić information content (AvgIpc) is 3.10. The topological polar surface area (TPSA) is 85.1 Å². The van der Waals surface area contributed by atoms with Crippen LogP contribution >= 0.6 is 11.3 Å². The first kappa shape index (κ1) is 17.8. The lowest BCUT2D eigenvalue weighted by Crippen LogP contribution is -2.11. The molecule has 3 rings (SSSR count). The highest BCUT2D eigenvalue weighted by Crippen LogP contribution is 2.27. The molecule has 1 amide bonds. The molecule has 0 aliphatic heterocycles. The fraction of sp³-hybridized carbons (Fsp3) is 0.158. The molecule has 0 unspecified atom stereocenters. The Bertz CT molecular complexity index is 949. The van der Waals surface area contributed by atoms with Gasteiger partial charge in [-0.15, -0.1) is 11.3 Å². The standard InChI is InChI=1S/C19H17N3O3S/c1-12(2)13-6-8-14(9-7-13)18(23)21-19-20-17(11-26-19)15-4-3-5-16(10-15)22(24)25/h3-12H,1-2H3,(H,20,21,23). The summed E-state index contributed by atoms with van der Waals surface area (Å²) >= 11 is 1.28. The van der Waals surface area contributed by atoms with Crippen molar-refractivity contribution in [3.05, 3.63) is 75.2 Å². The zero-order valence-corrected chi connectivity index (χ0v) is 15.1. The van der Waals surface area contributed by atoms with Crippen LogP contribution in [0.4, 0.5) is 10.8 Å². The van der Waals surface area contributed by atoms with Gasteiger partial charge in [-0.25, -0.2) is 4.98 Å². The number of aromatic nitrogens is 1. The van der Waals surface area contributed by atoms with Crippen molar-refractivity contribution in [2.24, 2.45) is 0 Å². The second-order valence-electron chi connectivity index (χ2n) is 6.08. The molecule has 2 aromatic carbocycles. The number of nitrogens with one attached hydrogen (secondary N) is 1. The number of nitro groups is 1. The van der Waals surface area contributed by atoms with Crippen molar-refractivity contribution < 1.29 is 9.72 Å². The summed E-state index contributed by atoms with van der Waals surface area (Å²) in [7, 11) is 0. The van der Waals surface area contributed by atoms with Crippen LogP contribution in [0.5, 0.6) is 0 Å². The monoisotopic (exact) mass is 367 g/mol. The van der Waals surface area contributed by atoms with Crippen LogP contribution in [-0.2, 0) is 0 Å². The Morgan fingerprint density at radius 1 is 1.19 bits per heavy atom. The number of amides is 1. The molecule has 1 aromatic heterocycles. The van der Waals surface area contributed by atoms with Gasteiger partial charge in [-0.2, -0.15) is 0 Å². The van der Waals surface area contributed by atoms with Crippen molar-refractivity contribution in [3.63, 3.8) is 0 Å². The number of anilines is 1. The number of carbonyl (C=O) groups excluding carboxylic acids is 1. The van der Waals surface area contributed by atoms with Gasteiger partial charge in [0.15, 0.2) is 5.13 Å². The van der Waals surface area contributed by atoms with Crippen LogP contribution in [0, 0.1) is 10.1 Å². The summed E-state index contributed by atoms with van der Waals surface area (Å²) in [6.45, 7) is 4.19. The molecule has 132 valence electrons. The van der Waals surface area contributed by atoms with Gasteiger partial charge in [-0.1, -0.05) is 38.1 Å². The van der Waals surface area contributed by atoms with E-state index in [1.807, 2.05) is 12.1 Å². The maximum atomic E-state index is 12.4. The number of hydrogen-bond acceptors (Lipinski definition) is 5. The number of nitro benzene ring substituents is 1. The molecule has 7 heteroatoms. The van der Waals surface area contributed by atoms with E-state index >= 15 is 0 Å². The fourth-order valence-electron chi connectivity index (χ4n) is 2.43. The van der Waals surface area contributed by atoms with E-state index in [9.17, 15) is 14.9 Å². The predicted octanol–water partition coefficient (Wildman–Crippen LogP) is 5.09. The maximum Gasteiger partial charge on any atom is 0.270 e. The highest BCUT2D eigenvalue weighted by molar-refractivity contribution is 7.14. The van der Waals surface area contributed by atoms with E-state index in [4.69, 9.17) is 0 Å². The third kappa shape index (κ3) is 3.94. The lowest BCUT2D eigenvalue weighted by atomic mass is 10.0. The van der Waals surface area contributed by atoms with Crippen molar-refractivity contribution in [3.8, 4) is 11.3 Å². The molecule has 0 aliphatic carbocycles. The molecule has 0 fully saturated rings. The Hall–Kier alpha value is -3.06. The Morgan fingerprint density at radius 3 is 2.58 bits per heavy atom. The summed E-state index contributed by atoms with van der Waals surface area (Å²) in [5, 5.41) is 15.9. The highest BCUT2D eigenvalue weighted by Gasteiger charge is 2.12. The molecular formula is C19H17N3O3S. The normalized spacial score (nSPS) is 10.7. The molecule has 0 bridgehead atoms. The van der Waals surface area contributed by atoms with Gasteiger partial charge in [0.1, 0.15) is 0 Å². The van der Waals surface area contributed by atoms with Gasteiger partial charge in [-0.3, -0.25) is 20.2 Å². The SMILES string of the molecule is CC(C)c1ccc(C(=O)Nc2nc(-c3cccc([N+](=O)[O-])c3)cs2)cc1. The number of rotatable bonds is 5. The van der Waals surface area contributed by atoms with E-state index in [2.05, 4.69) is 24.1 Å². The van der Waals surface area contributed by atoms with E-state index in [0.29, 0.717) is 27.9 Å². The van der Waals surface area contributed by atoms with Crippen molar-refractivity contribution in [1.29, 1.82) is 0 Å². The number of non-ortho nitro benzene ring substituents is 1. The number of hydrogen-bond donors (Lipinski definition) is 1. The summed E-state index contributed by atoms with van der Waals surface area (Å²) in [4.78, 5) is 27.2. The van der Waals surface area contributed by atoms with Crippen molar-refractivity contribution in [2.75, 3.05) is 5.32 Å². The molecular weight excluding hydrogens is 350 g/mol. The zero-order chi connectivity index (χ0) is 18.7. The van der Waals surface area contributed by atoms with Crippen molar-refractivity contribution in [1.82, 2.24) is 4.98 Å². The molecule has 1 N–H and O–H groups in total. The predicted molar refractivity (Wildman–Crippen MR) is 103 cm³/mol. The Morgan fingerprint density at radius 2 is 1.92 bits per heavy atom. The van der Waals surface area contributed by atoms with Gasteiger partial charge in [0.05, 0.1) is 10.6 Å². The molecule has 0 saturated carbocycles. The first-order valence-electron chi connectivity index (χ1n) is 8.05. The summed E-state index contributed by atoms with van der Waals surface area (Å²) in [6.07, 6.45) is 0. The van der Waals surface area contributed by atoms with Crippen LogP contribution in [0.2, 0.25) is 0 Å². The molecule has 0 radical (unpaired) electrons.